The minimum absolute atomic E-state index is 0.0642. The molecule has 0 saturated carbocycles. The molecule has 1 saturated heterocycles. The SMILES string of the molecule is CC1(C)CCC(COCC(=O)O)O1. The summed E-state index contributed by atoms with van der Waals surface area (Å²) in [5, 5.41) is 8.32. The van der Waals surface area contributed by atoms with Gasteiger partial charge in [0.1, 0.15) is 6.61 Å². The molecule has 0 aromatic carbocycles. The molecule has 0 aromatic rings. The third kappa shape index (κ3) is 3.74. The van der Waals surface area contributed by atoms with Crippen LogP contribution in [0.3, 0.4) is 0 Å². The van der Waals surface area contributed by atoms with E-state index in [-0.39, 0.29) is 18.3 Å². The van der Waals surface area contributed by atoms with E-state index in [0.29, 0.717) is 6.61 Å². The third-order valence-electron chi connectivity index (χ3n) is 2.08. The Morgan fingerprint density at radius 2 is 2.38 bits per heavy atom. The molecule has 1 unspecified atom stereocenters. The van der Waals surface area contributed by atoms with Gasteiger partial charge < -0.3 is 14.6 Å². The number of hydrogen-bond donors (Lipinski definition) is 1. The van der Waals surface area contributed by atoms with Crippen LogP contribution in [0.5, 0.6) is 0 Å². The molecular formula is C9H16O4. The predicted octanol–water partition coefficient (Wildman–Crippen LogP) is 1.05. The van der Waals surface area contributed by atoms with Crippen molar-refractivity contribution in [2.24, 2.45) is 0 Å². The molecule has 1 fully saturated rings. The van der Waals surface area contributed by atoms with E-state index in [1.54, 1.807) is 0 Å². The highest BCUT2D eigenvalue weighted by molar-refractivity contribution is 5.67. The van der Waals surface area contributed by atoms with Gasteiger partial charge in [-0.15, -0.1) is 0 Å². The predicted molar refractivity (Wildman–Crippen MR) is 46.6 cm³/mol. The number of ether oxygens (including phenoxy) is 2. The summed E-state index contributed by atoms with van der Waals surface area (Å²) in [6.07, 6.45) is 2.02. The summed E-state index contributed by atoms with van der Waals surface area (Å²) in [4.78, 5) is 10.1. The number of carboxylic acid groups (broad SMARTS) is 1. The maximum atomic E-state index is 10.1. The van der Waals surface area contributed by atoms with Crippen molar-refractivity contribution in [3.63, 3.8) is 0 Å². The van der Waals surface area contributed by atoms with Crippen LogP contribution < -0.4 is 0 Å². The zero-order chi connectivity index (χ0) is 9.90. The van der Waals surface area contributed by atoms with Crippen LogP contribution in [-0.4, -0.2) is 36.0 Å². The maximum Gasteiger partial charge on any atom is 0.329 e. The molecule has 0 spiro atoms. The van der Waals surface area contributed by atoms with Crippen molar-refractivity contribution < 1.29 is 19.4 Å². The Morgan fingerprint density at radius 1 is 1.69 bits per heavy atom. The van der Waals surface area contributed by atoms with E-state index in [4.69, 9.17) is 14.6 Å². The van der Waals surface area contributed by atoms with Gasteiger partial charge in [-0.05, 0) is 26.7 Å². The molecule has 1 aliphatic heterocycles. The monoisotopic (exact) mass is 188 g/mol. The maximum absolute atomic E-state index is 10.1. The number of carbonyl (C=O) groups is 1. The van der Waals surface area contributed by atoms with Crippen molar-refractivity contribution >= 4 is 5.97 Å². The zero-order valence-corrected chi connectivity index (χ0v) is 8.08. The van der Waals surface area contributed by atoms with Crippen molar-refractivity contribution in [1.82, 2.24) is 0 Å². The molecule has 1 N–H and O–H groups in total. The Morgan fingerprint density at radius 3 is 2.85 bits per heavy atom. The fraction of sp³-hybridized carbons (Fsp3) is 0.889. The molecule has 0 bridgehead atoms. The summed E-state index contributed by atoms with van der Waals surface area (Å²) >= 11 is 0. The molecule has 4 heteroatoms. The summed E-state index contributed by atoms with van der Waals surface area (Å²) in [5.74, 6) is -0.933. The molecule has 1 heterocycles. The Labute approximate surface area is 77.8 Å². The molecule has 1 rings (SSSR count). The first-order valence-corrected chi connectivity index (χ1v) is 4.47. The normalized spacial score (nSPS) is 26.2. The Kier molecular flexibility index (Phi) is 3.27. The minimum Gasteiger partial charge on any atom is -0.480 e. The van der Waals surface area contributed by atoms with Gasteiger partial charge in [-0.2, -0.15) is 0 Å². The van der Waals surface area contributed by atoms with Crippen molar-refractivity contribution in [1.29, 1.82) is 0 Å². The van der Waals surface area contributed by atoms with E-state index in [9.17, 15) is 4.79 Å². The summed E-state index contributed by atoms with van der Waals surface area (Å²) in [5.41, 5.74) is -0.0722. The van der Waals surface area contributed by atoms with Crippen LogP contribution >= 0.6 is 0 Å². The molecule has 0 aliphatic carbocycles. The number of aliphatic carboxylic acids is 1. The van der Waals surface area contributed by atoms with Gasteiger partial charge in [0.15, 0.2) is 0 Å². The largest absolute Gasteiger partial charge is 0.480 e. The van der Waals surface area contributed by atoms with Crippen LogP contribution in [0.1, 0.15) is 26.7 Å². The molecule has 0 aromatic heterocycles. The van der Waals surface area contributed by atoms with Gasteiger partial charge in [0.05, 0.1) is 18.3 Å². The average Bonchev–Trinajstić information content (AvgIpc) is 2.29. The van der Waals surface area contributed by atoms with E-state index in [1.807, 2.05) is 13.8 Å². The second-order valence-corrected chi connectivity index (χ2v) is 3.95. The molecule has 4 nitrogen and oxygen atoms in total. The lowest BCUT2D eigenvalue weighted by atomic mass is 10.1. The highest BCUT2D eigenvalue weighted by atomic mass is 16.6. The van der Waals surface area contributed by atoms with Gasteiger partial charge >= 0.3 is 5.97 Å². The first-order chi connectivity index (χ1) is 5.99. The molecule has 13 heavy (non-hydrogen) atoms. The Bertz CT molecular complexity index is 188. The number of rotatable bonds is 4. The van der Waals surface area contributed by atoms with Crippen LogP contribution in [0, 0.1) is 0 Å². The van der Waals surface area contributed by atoms with Gasteiger partial charge in [-0.3, -0.25) is 0 Å². The first kappa shape index (κ1) is 10.5. The lowest BCUT2D eigenvalue weighted by Gasteiger charge is -2.18. The van der Waals surface area contributed by atoms with Gasteiger partial charge in [0, 0.05) is 0 Å². The lowest BCUT2D eigenvalue weighted by Crippen LogP contribution is -2.23. The molecule has 0 radical (unpaired) electrons. The van der Waals surface area contributed by atoms with Gasteiger partial charge in [-0.25, -0.2) is 4.79 Å². The first-order valence-electron chi connectivity index (χ1n) is 4.47. The zero-order valence-electron chi connectivity index (χ0n) is 8.08. The van der Waals surface area contributed by atoms with Crippen LogP contribution in [-0.2, 0) is 14.3 Å². The smallest absolute Gasteiger partial charge is 0.329 e. The van der Waals surface area contributed by atoms with Crippen molar-refractivity contribution in [3.05, 3.63) is 0 Å². The number of hydrogen-bond acceptors (Lipinski definition) is 3. The standard InChI is InChI=1S/C9H16O4/c1-9(2)4-3-7(13-9)5-12-6-8(10)11/h7H,3-6H2,1-2H3,(H,10,11). The number of carboxylic acids is 1. The van der Waals surface area contributed by atoms with Crippen molar-refractivity contribution in [2.75, 3.05) is 13.2 Å². The topological polar surface area (TPSA) is 55.8 Å². The summed E-state index contributed by atoms with van der Waals surface area (Å²) in [7, 11) is 0. The van der Waals surface area contributed by atoms with E-state index < -0.39 is 5.97 Å². The lowest BCUT2D eigenvalue weighted by molar-refractivity contribution is -0.144. The highest BCUT2D eigenvalue weighted by Gasteiger charge is 2.31. The van der Waals surface area contributed by atoms with Crippen LogP contribution in [0.4, 0.5) is 0 Å². The average molecular weight is 188 g/mol. The molecule has 0 amide bonds. The molecular weight excluding hydrogens is 172 g/mol. The highest BCUT2D eigenvalue weighted by Crippen LogP contribution is 2.29. The Balaban J connectivity index is 2.14. The van der Waals surface area contributed by atoms with E-state index in [0.717, 1.165) is 12.8 Å². The second kappa shape index (κ2) is 4.07. The quantitative estimate of drug-likeness (QED) is 0.716. The molecule has 1 atom stereocenters. The fourth-order valence-corrected chi connectivity index (χ4v) is 1.47. The second-order valence-electron chi connectivity index (χ2n) is 3.95. The van der Waals surface area contributed by atoms with E-state index >= 15 is 0 Å². The van der Waals surface area contributed by atoms with Crippen molar-refractivity contribution in [2.45, 2.75) is 38.4 Å². The Hall–Kier alpha value is -0.610. The molecule has 76 valence electrons. The summed E-state index contributed by atoms with van der Waals surface area (Å²) < 4.78 is 10.6. The van der Waals surface area contributed by atoms with Crippen LogP contribution in [0.15, 0.2) is 0 Å². The fourth-order valence-electron chi connectivity index (χ4n) is 1.47. The van der Waals surface area contributed by atoms with Gasteiger partial charge in [0.2, 0.25) is 0 Å². The van der Waals surface area contributed by atoms with E-state index in [2.05, 4.69) is 0 Å². The van der Waals surface area contributed by atoms with Gasteiger partial charge in [0.25, 0.3) is 0 Å². The van der Waals surface area contributed by atoms with Crippen LogP contribution in [0.25, 0.3) is 0 Å². The van der Waals surface area contributed by atoms with Crippen molar-refractivity contribution in [3.8, 4) is 0 Å². The van der Waals surface area contributed by atoms with Gasteiger partial charge in [-0.1, -0.05) is 0 Å². The minimum atomic E-state index is -0.933. The summed E-state index contributed by atoms with van der Waals surface area (Å²) in [6, 6.07) is 0. The summed E-state index contributed by atoms with van der Waals surface area (Å²) in [6.45, 7) is 4.21. The third-order valence-corrected chi connectivity index (χ3v) is 2.08. The van der Waals surface area contributed by atoms with E-state index in [1.165, 1.54) is 0 Å². The molecule has 1 aliphatic rings. The van der Waals surface area contributed by atoms with Crippen LogP contribution in [0.2, 0.25) is 0 Å².